The number of ether oxygens (including phenoxy) is 1. The maximum absolute atomic E-state index is 11.6. The second-order valence-electron chi connectivity index (χ2n) is 3.98. The van der Waals surface area contributed by atoms with Crippen LogP contribution in [0.5, 0.6) is 0 Å². The van der Waals surface area contributed by atoms with Crippen LogP contribution in [0.1, 0.15) is 24.2 Å². The molecule has 0 bridgehead atoms. The van der Waals surface area contributed by atoms with Crippen LogP contribution in [0, 0.1) is 0 Å². The van der Waals surface area contributed by atoms with Crippen molar-refractivity contribution >= 4 is 52.4 Å². The molecule has 0 radical (unpaired) electrons. The summed E-state index contributed by atoms with van der Waals surface area (Å²) in [5.74, 6) is -1.20. The second-order valence-corrected chi connectivity index (χ2v) is 6.26. The van der Waals surface area contributed by atoms with Gasteiger partial charge in [0.2, 0.25) is 0 Å². The van der Waals surface area contributed by atoms with Gasteiger partial charge in [-0.05, 0) is 38.1 Å². The minimum Gasteiger partial charge on any atom is -0.459 e. The molecule has 4 nitrogen and oxygen atoms in total. The van der Waals surface area contributed by atoms with Gasteiger partial charge in [0.25, 0.3) is 9.70 Å². The van der Waals surface area contributed by atoms with Gasteiger partial charge in [0.05, 0.1) is 11.7 Å². The van der Waals surface area contributed by atoms with Gasteiger partial charge in [-0.2, -0.15) is 0 Å². The lowest BCUT2D eigenvalue weighted by Crippen LogP contribution is -2.26. The Morgan fingerprint density at radius 3 is 2.11 bits per heavy atom. The predicted molar refractivity (Wildman–Crippen MR) is 75.9 cm³/mol. The van der Waals surface area contributed by atoms with Gasteiger partial charge in [0, 0.05) is 5.69 Å². The Balaban J connectivity index is 2.72. The van der Waals surface area contributed by atoms with Crippen LogP contribution in [0.2, 0.25) is 0 Å². The van der Waals surface area contributed by atoms with E-state index in [4.69, 9.17) is 39.5 Å². The number of esters is 1. The standard InChI is InChI=1S/C12H12Cl3NO3/c1-7(2)19-10(17)8-3-5-9(6-4-8)16-11(18)12(13,14)15/h3-7H,1-2H3,(H,16,18). The van der Waals surface area contributed by atoms with Gasteiger partial charge in [0.15, 0.2) is 0 Å². The first-order valence-corrected chi connectivity index (χ1v) is 6.52. The Morgan fingerprint density at radius 1 is 1.16 bits per heavy atom. The van der Waals surface area contributed by atoms with E-state index in [1.54, 1.807) is 13.8 Å². The zero-order valence-corrected chi connectivity index (χ0v) is 12.5. The summed E-state index contributed by atoms with van der Waals surface area (Å²) in [6, 6.07) is 6.06. The summed E-state index contributed by atoms with van der Waals surface area (Å²) in [6.45, 7) is 3.51. The first kappa shape index (κ1) is 16.1. The van der Waals surface area contributed by atoms with E-state index >= 15 is 0 Å². The molecular weight excluding hydrogens is 312 g/mol. The number of anilines is 1. The summed E-state index contributed by atoms with van der Waals surface area (Å²) in [7, 11) is 0. The Kier molecular flexibility index (Phi) is 5.47. The van der Waals surface area contributed by atoms with Crippen molar-refractivity contribution in [1.29, 1.82) is 0 Å². The highest BCUT2D eigenvalue weighted by molar-refractivity contribution is 6.76. The molecule has 7 heteroatoms. The molecule has 0 spiro atoms. The summed E-state index contributed by atoms with van der Waals surface area (Å²) in [4.78, 5) is 23.0. The van der Waals surface area contributed by atoms with Gasteiger partial charge in [-0.1, -0.05) is 34.8 Å². The van der Waals surface area contributed by atoms with Crippen LogP contribution < -0.4 is 5.32 Å². The van der Waals surface area contributed by atoms with Crippen LogP contribution in [0.4, 0.5) is 5.69 Å². The Labute approximate surface area is 126 Å². The summed E-state index contributed by atoms with van der Waals surface area (Å²) in [6.07, 6.45) is -0.198. The minimum atomic E-state index is -2.03. The number of nitrogens with one attached hydrogen (secondary N) is 1. The third-order valence-corrected chi connectivity index (χ3v) is 2.49. The van der Waals surface area contributed by atoms with Crippen LogP contribution in [0.3, 0.4) is 0 Å². The van der Waals surface area contributed by atoms with Crippen molar-refractivity contribution in [3.8, 4) is 0 Å². The third-order valence-electron chi connectivity index (χ3n) is 1.98. The molecule has 1 N–H and O–H groups in total. The van der Waals surface area contributed by atoms with Crippen LogP contribution in [0.15, 0.2) is 24.3 Å². The average Bonchev–Trinajstić information content (AvgIpc) is 2.27. The normalized spacial score (nSPS) is 11.3. The molecule has 104 valence electrons. The maximum Gasteiger partial charge on any atom is 0.338 e. The fraction of sp³-hybridized carbons (Fsp3) is 0.333. The number of amides is 1. The third kappa shape index (κ3) is 5.27. The molecule has 1 rings (SSSR count). The molecule has 0 saturated heterocycles. The van der Waals surface area contributed by atoms with Gasteiger partial charge < -0.3 is 10.1 Å². The number of halogens is 3. The quantitative estimate of drug-likeness (QED) is 0.683. The van der Waals surface area contributed by atoms with Crippen molar-refractivity contribution in [1.82, 2.24) is 0 Å². The monoisotopic (exact) mass is 323 g/mol. The molecule has 0 atom stereocenters. The van der Waals surface area contributed by atoms with Gasteiger partial charge in [-0.15, -0.1) is 0 Å². The highest BCUT2D eigenvalue weighted by Gasteiger charge is 2.30. The largest absolute Gasteiger partial charge is 0.459 e. The fourth-order valence-electron chi connectivity index (χ4n) is 1.17. The van der Waals surface area contributed by atoms with E-state index in [0.29, 0.717) is 11.3 Å². The van der Waals surface area contributed by atoms with Crippen molar-refractivity contribution < 1.29 is 14.3 Å². The molecule has 1 amide bonds. The lowest BCUT2D eigenvalue weighted by molar-refractivity contribution is -0.115. The van der Waals surface area contributed by atoms with E-state index in [1.807, 2.05) is 0 Å². The van der Waals surface area contributed by atoms with E-state index in [1.165, 1.54) is 24.3 Å². The molecule has 0 saturated carbocycles. The summed E-state index contributed by atoms with van der Waals surface area (Å²) >= 11 is 16.3. The molecule has 0 heterocycles. The van der Waals surface area contributed by atoms with Gasteiger partial charge in [-0.25, -0.2) is 4.79 Å². The predicted octanol–water partition coefficient (Wildman–Crippen LogP) is 3.56. The number of alkyl halides is 3. The minimum absolute atomic E-state index is 0.198. The molecular formula is C12H12Cl3NO3. The highest BCUT2D eigenvalue weighted by Crippen LogP contribution is 2.27. The number of carbonyl (C=O) groups excluding carboxylic acids is 2. The van der Waals surface area contributed by atoms with E-state index in [9.17, 15) is 9.59 Å². The summed E-state index contributed by atoms with van der Waals surface area (Å²) in [5, 5.41) is 2.40. The van der Waals surface area contributed by atoms with Crippen LogP contribution in [0.25, 0.3) is 0 Å². The lowest BCUT2D eigenvalue weighted by Gasteiger charge is -2.12. The Morgan fingerprint density at radius 2 is 1.68 bits per heavy atom. The number of carbonyl (C=O) groups is 2. The number of hydrogen-bond donors (Lipinski definition) is 1. The van der Waals surface area contributed by atoms with Gasteiger partial charge in [0.1, 0.15) is 0 Å². The number of hydrogen-bond acceptors (Lipinski definition) is 3. The van der Waals surface area contributed by atoms with Crippen LogP contribution in [-0.4, -0.2) is 21.8 Å². The first-order chi connectivity index (χ1) is 8.70. The van der Waals surface area contributed by atoms with E-state index < -0.39 is 15.7 Å². The topological polar surface area (TPSA) is 55.4 Å². The first-order valence-electron chi connectivity index (χ1n) is 5.39. The van der Waals surface area contributed by atoms with Gasteiger partial charge in [-0.3, -0.25) is 4.79 Å². The van der Waals surface area contributed by atoms with E-state index in [0.717, 1.165) is 0 Å². The molecule has 0 fully saturated rings. The average molecular weight is 325 g/mol. The Bertz CT molecular complexity index is 466. The SMILES string of the molecule is CC(C)OC(=O)c1ccc(NC(=O)C(Cl)(Cl)Cl)cc1. The second kappa shape index (κ2) is 6.46. The molecule has 1 aromatic rings. The van der Waals surface area contributed by atoms with Gasteiger partial charge >= 0.3 is 5.97 Å². The van der Waals surface area contributed by atoms with Crippen molar-refractivity contribution in [2.75, 3.05) is 5.32 Å². The molecule has 1 aromatic carbocycles. The molecule has 0 aromatic heterocycles. The maximum atomic E-state index is 11.6. The van der Waals surface area contributed by atoms with E-state index in [2.05, 4.69) is 5.32 Å². The van der Waals surface area contributed by atoms with Crippen LogP contribution in [-0.2, 0) is 9.53 Å². The molecule has 0 aliphatic carbocycles. The van der Waals surface area contributed by atoms with Crippen LogP contribution >= 0.6 is 34.8 Å². The molecule has 19 heavy (non-hydrogen) atoms. The van der Waals surface area contributed by atoms with Crippen molar-refractivity contribution in [3.63, 3.8) is 0 Å². The Hall–Kier alpha value is -0.970. The number of rotatable bonds is 3. The lowest BCUT2D eigenvalue weighted by atomic mass is 10.2. The summed E-state index contributed by atoms with van der Waals surface area (Å²) in [5.41, 5.74) is 0.790. The van der Waals surface area contributed by atoms with E-state index in [-0.39, 0.29) is 6.10 Å². The molecule has 0 aliphatic rings. The molecule has 0 aliphatic heterocycles. The smallest absolute Gasteiger partial charge is 0.338 e. The van der Waals surface area contributed by atoms with Crippen molar-refractivity contribution in [2.45, 2.75) is 23.7 Å². The summed E-state index contributed by atoms with van der Waals surface area (Å²) < 4.78 is 2.99. The van der Waals surface area contributed by atoms with Crippen molar-refractivity contribution in [2.24, 2.45) is 0 Å². The zero-order chi connectivity index (χ0) is 14.6. The highest BCUT2D eigenvalue weighted by atomic mass is 35.6. The fourth-order valence-corrected chi connectivity index (χ4v) is 1.32. The molecule has 0 unspecified atom stereocenters. The zero-order valence-electron chi connectivity index (χ0n) is 10.2. The van der Waals surface area contributed by atoms with Crippen molar-refractivity contribution in [3.05, 3.63) is 29.8 Å². The number of benzene rings is 1.